The van der Waals surface area contributed by atoms with Gasteiger partial charge in [0.2, 0.25) is 0 Å². The number of amides is 2. The Balaban J connectivity index is 1.81. The lowest BCUT2D eigenvalue weighted by Gasteiger charge is -2.32. The molecule has 2 rings (SSSR count). The monoisotopic (exact) mass is 302 g/mol. The van der Waals surface area contributed by atoms with Gasteiger partial charge in [-0.05, 0) is 51.5 Å². The first kappa shape index (κ1) is 16.5. The molecule has 0 spiro atoms. The minimum Gasteiger partial charge on any atom is -0.343 e. The quantitative estimate of drug-likeness (QED) is 0.853. The third-order valence-electron chi connectivity index (χ3n) is 3.95. The zero-order valence-corrected chi connectivity index (χ0v) is 13.8. The minimum atomic E-state index is -0.492. The van der Waals surface area contributed by atoms with Crippen LogP contribution < -0.4 is 5.32 Å². The fourth-order valence-electron chi connectivity index (χ4n) is 2.83. The normalized spacial score (nSPS) is 16.4. The summed E-state index contributed by atoms with van der Waals surface area (Å²) in [6, 6.07) is 10.4. The van der Waals surface area contributed by atoms with Crippen LogP contribution in [0.15, 0.2) is 30.3 Å². The zero-order chi connectivity index (χ0) is 16.2. The van der Waals surface area contributed by atoms with Gasteiger partial charge in [0.1, 0.15) is 0 Å². The van der Waals surface area contributed by atoms with Crippen LogP contribution in [-0.4, -0.2) is 35.3 Å². The predicted octanol–water partition coefficient (Wildman–Crippen LogP) is 2.38. The number of nitrogens with zero attached hydrogens (tertiary/aromatic N) is 1. The Morgan fingerprint density at radius 1 is 1.14 bits per heavy atom. The van der Waals surface area contributed by atoms with Crippen molar-refractivity contribution in [1.82, 2.24) is 10.2 Å². The van der Waals surface area contributed by atoms with Gasteiger partial charge in [-0.25, -0.2) is 0 Å². The molecule has 1 aliphatic heterocycles. The lowest BCUT2D eigenvalue weighted by molar-refractivity contribution is -0.147. The number of carbonyl (C=O) groups excluding carboxylic acids is 2. The largest absolute Gasteiger partial charge is 0.343 e. The standard InChI is InChI=1S/C18H26N2O2/c1-18(2,3)19-16(21)17(22)20-11-9-15(10-12-20)13-14-7-5-4-6-8-14/h4-8,15H,9-13H2,1-3H3,(H,19,21). The third-order valence-corrected chi connectivity index (χ3v) is 3.95. The molecule has 1 heterocycles. The van der Waals surface area contributed by atoms with E-state index in [0.717, 1.165) is 19.3 Å². The first-order chi connectivity index (χ1) is 10.3. The summed E-state index contributed by atoms with van der Waals surface area (Å²) in [7, 11) is 0. The van der Waals surface area contributed by atoms with Gasteiger partial charge >= 0.3 is 11.8 Å². The van der Waals surface area contributed by atoms with Crippen molar-refractivity contribution >= 4 is 11.8 Å². The molecule has 0 aliphatic carbocycles. The molecule has 4 heteroatoms. The summed E-state index contributed by atoms with van der Waals surface area (Å²) in [5.74, 6) is -0.292. The van der Waals surface area contributed by atoms with Crippen LogP contribution in [0.1, 0.15) is 39.2 Å². The van der Waals surface area contributed by atoms with Gasteiger partial charge in [0.05, 0.1) is 0 Å². The Morgan fingerprint density at radius 2 is 1.73 bits per heavy atom. The molecule has 0 saturated carbocycles. The van der Waals surface area contributed by atoms with Crippen LogP contribution >= 0.6 is 0 Å². The van der Waals surface area contributed by atoms with Crippen LogP contribution in [0.3, 0.4) is 0 Å². The van der Waals surface area contributed by atoms with E-state index in [4.69, 9.17) is 0 Å². The highest BCUT2D eigenvalue weighted by molar-refractivity contribution is 6.35. The molecule has 1 aromatic rings. The molecular formula is C18H26N2O2. The Morgan fingerprint density at radius 3 is 2.27 bits per heavy atom. The highest BCUT2D eigenvalue weighted by Gasteiger charge is 2.28. The molecule has 1 aromatic carbocycles. The van der Waals surface area contributed by atoms with E-state index in [1.165, 1.54) is 5.56 Å². The van der Waals surface area contributed by atoms with E-state index >= 15 is 0 Å². The molecule has 1 N–H and O–H groups in total. The van der Waals surface area contributed by atoms with Crippen molar-refractivity contribution in [2.45, 2.75) is 45.6 Å². The van der Waals surface area contributed by atoms with Crippen LogP contribution in [0.2, 0.25) is 0 Å². The first-order valence-electron chi connectivity index (χ1n) is 8.00. The number of piperidine rings is 1. The summed E-state index contributed by atoms with van der Waals surface area (Å²) >= 11 is 0. The van der Waals surface area contributed by atoms with E-state index in [9.17, 15) is 9.59 Å². The molecule has 1 aliphatic rings. The minimum absolute atomic E-state index is 0.377. The SMILES string of the molecule is CC(C)(C)NC(=O)C(=O)N1CCC(Cc2ccccc2)CC1. The van der Waals surface area contributed by atoms with Gasteiger partial charge in [-0.1, -0.05) is 30.3 Å². The Bertz CT molecular complexity index is 512. The predicted molar refractivity (Wildman–Crippen MR) is 87.3 cm³/mol. The van der Waals surface area contributed by atoms with E-state index in [-0.39, 0.29) is 5.54 Å². The molecular weight excluding hydrogens is 276 g/mol. The molecule has 120 valence electrons. The van der Waals surface area contributed by atoms with Gasteiger partial charge in [-0.15, -0.1) is 0 Å². The number of rotatable bonds is 2. The summed E-state index contributed by atoms with van der Waals surface area (Å²) in [6.07, 6.45) is 2.98. The van der Waals surface area contributed by atoms with Crippen molar-refractivity contribution in [3.63, 3.8) is 0 Å². The second kappa shape index (κ2) is 6.95. The van der Waals surface area contributed by atoms with Crippen molar-refractivity contribution < 1.29 is 9.59 Å². The van der Waals surface area contributed by atoms with Gasteiger partial charge in [0, 0.05) is 18.6 Å². The maximum Gasteiger partial charge on any atom is 0.311 e. The molecule has 1 saturated heterocycles. The molecule has 4 nitrogen and oxygen atoms in total. The molecule has 22 heavy (non-hydrogen) atoms. The van der Waals surface area contributed by atoms with E-state index in [1.807, 2.05) is 26.8 Å². The van der Waals surface area contributed by atoms with Crippen LogP contribution in [0.4, 0.5) is 0 Å². The lowest BCUT2D eigenvalue weighted by atomic mass is 9.90. The lowest BCUT2D eigenvalue weighted by Crippen LogP contribution is -2.51. The molecule has 0 bridgehead atoms. The highest BCUT2D eigenvalue weighted by atomic mass is 16.2. The topological polar surface area (TPSA) is 49.4 Å². The fourth-order valence-corrected chi connectivity index (χ4v) is 2.83. The summed E-state index contributed by atoms with van der Waals surface area (Å²) in [5, 5.41) is 2.74. The van der Waals surface area contributed by atoms with E-state index < -0.39 is 11.8 Å². The average molecular weight is 302 g/mol. The smallest absolute Gasteiger partial charge is 0.311 e. The van der Waals surface area contributed by atoms with E-state index in [0.29, 0.717) is 19.0 Å². The average Bonchev–Trinajstić information content (AvgIpc) is 2.46. The van der Waals surface area contributed by atoms with Gasteiger partial charge < -0.3 is 10.2 Å². The Labute approximate surface area is 132 Å². The number of hydrogen-bond donors (Lipinski definition) is 1. The summed E-state index contributed by atoms with van der Waals surface area (Å²) in [5.41, 5.74) is 0.969. The number of likely N-dealkylation sites (tertiary alicyclic amines) is 1. The highest BCUT2D eigenvalue weighted by Crippen LogP contribution is 2.21. The second-order valence-corrected chi connectivity index (χ2v) is 7.13. The fraction of sp³-hybridized carbons (Fsp3) is 0.556. The van der Waals surface area contributed by atoms with Gasteiger partial charge in [0.15, 0.2) is 0 Å². The van der Waals surface area contributed by atoms with Crippen molar-refractivity contribution in [1.29, 1.82) is 0 Å². The van der Waals surface area contributed by atoms with Crippen LogP contribution in [-0.2, 0) is 16.0 Å². The van der Waals surface area contributed by atoms with Crippen LogP contribution in [0, 0.1) is 5.92 Å². The van der Waals surface area contributed by atoms with Gasteiger partial charge in [-0.2, -0.15) is 0 Å². The van der Waals surface area contributed by atoms with Crippen molar-refractivity contribution in [2.24, 2.45) is 5.92 Å². The maximum absolute atomic E-state index is 12.2. The van der Waals surface area contributed by atoms with E-state index in [2.05, 4.69) is 29.6 Å². The number of hydrogen-bond acceptors (Lipinski definition) is 2. The molecule has 1 fully saturated rings. The number of benzene rings is 1. The Hall–Kier alpha value is -1.84. The second-order valence-electron chi connectivity index (χ2n) is 7.13. The molecule has 0 aromatic heterocycles. The molecule has 0 radical (unpaired) electrons. The van der Waals surface area contributed by atoms with Crippen molar-refractivity contribution in [3.05, 3.63) is 35.9 Å². The van der Waals surface area contributed by atoms with Crippen LogP contribution in [0.25, 0.3) is 0 Å². The molecule has 2 amide bonds. The molecule has 0 atom stereocenters. The summed E-state index contributed by atoms with van der Waals surface area (Å²) in [4.78, 5) is 25.8. The third kappa shape index (κ3) is 4.86. The zero-order valence-electron chi connectivity index (χ0n) is 13.8. The maximum atomic E-state index is 12.2. The van der Waals surface area contributed by atoms with Gasteiger partial charge in [0.25, 0.3) is 0 Å². The van der Waals surface area contributed by atoms with Crippen molar-refractivity contribution in [2.75, 3.05) is 13.1 Å². The van der Waals surface area contributed by atoms with Gasteiger partial charge in [-0.3, -0.25) is 9.59 Å². The summed E-state index contributed by atoms with van der Waals surface area (Å²) < 4.78 is 0. The van der Waals surface area contributed by atoms with E-state index in [1.54, 1.807) is 4.90 Å². The molecule has 0 unspecified atom stereocenters. The summed E-state index contributed by atoms with van der Waals surface area (Å²) in [6.45, 7) is 6.99. The van der Waals surface area contributed by atoms with Crippen LogP contribution in [0.5, 0.6) is 0 Å². The Kier molecular flexibility index (Phi) is 5.22. The number of carbonyl (C=O) groups is 2. The van der Waals surface area contributed by atoms with Crippen molar-refractivity contribution in [3.8, 4) is 0 Å². The number of nitrogens with one attached hydrogen (secondary N) is 1. The first-order valence-corrected chi connectivity index (χ1v) is 8.00.